The Hall–Kier alpha value is -1.26. The molecule has 2 aliphatic carbocycles. The van der Waals surface area contributed by atoms with Crippen LogP contribution in [0.4, 0.5) is 4.79 Å². The van der Waals surface area contributed by atoms with Crippen molar-refractivity contribution in [3.05, 3.63) is 0 Å². The number of rotatable bonds is 6. The predicted octanol–water partition coefficient (Wildman–Crippen LogP) is 2.85. The second-order valence-corrected chi connectivity index (χ2v) is 7.08. The lowest BCUT2D eigenvalue weighted by molar-refractivity contribution is -0.150. The molecular weight excluding hydrogens is 268 g/mol. The van der Waals surface area contributed by atoms with Crippen LogP contribution in [0.15, 0.2) is 0 Å². The second-order valence-electron chi connectivity index (χ2n) is 7.08. The van der Waals surface area contributed by atoms with Crippen molar-refractivity contribution in [1.82, 2.24) is 10.2 Å². The van der Waals surface area contributed by atoms with E-state index >= 15 is 0 Å². The molecule has 2 aliphatic rings. The zero-order valence-electron chi connectivity index (χ0n) is 13.2. The first kappa shape index (κ1) is 16.1. The van der Waals surface area contributed by atoms with Gasteiger partial charge in [-0.15, -0.1) is 0 Å². The maximum Gasteiger partial charge on any atom is 0.317 e. The minimum atomic E-state index is -0.760. The van der Waals surface area contributed by atoms with E-state index in [2.05, 4.69) is 19.2 Å². The van der Waals surface area contributed by atoms with Crippen LogP contribution in [-0.4, -0.2) is 41.1 Å². The van der Waals surface area contributed by atoms with Gasteiger partial charge in [0.2, 0.25) is 0 Å². The molecule has 0 bridgehead atoms. The minimum absolute atomic E-state index is 0.0857. The molecule has 0 aromatic rings. The second kappa shape index (κ2) is 6.67. The van der Waals surface area contributed by atoms with Gasteiger partial charge in [0.1, 0.15) is 0 Å². The van der Waals surface area contributed by atoms with E-state index in [4.69, 9.17) is 0 Å². The van der Waals surface area contributed by atoms with Gasteiger partial charge in [0.05, 0.1) is 5.41 Å². The van der Waals surface area contributed by atoms with Crippen molar-refractivity contribution in [1.29, 1.82) is 0 Å². The number of nitrogens with zero attached hydrogens (tertiary/aromatic N) is 1. The summed E-state index contributed by atoms with van der Waals surface area (Å²) in [6, 6.07) is 0.275. The highest BCUT2D eigenvalue weighted by Crippen LogP contribution is 2.36. The summed E-state index contributed by atoms with van der Waals surface area (Å²) in [6.45, 7) is 5.21. The molecule has 0 spiro atoms. The van der Waals surface area contributed by atoms with Crippen LogP contribution in [0.3, 0.4) is 0 Å². The first-order valence-electron chi connectivity index (χ1n) is 8.22. The summed E-state index contributed by atoms with van der Waals surface area (Å²) in [5.41, 5.74) is -0.749. The number of carbonyl (C=O) groups is 2. The molecule has 0 unspecified atom stereocenters. The predicted molar refractivity (Wildman–Crippen MR) is 81.1 cm³/mol. The summed E-state index contributed by atoms with van der Waals surface area (Å²) >= 11 is 0. The Labute approximate surface area is 127 Å². The van der Waals surface area contributed by atoms with Crippen LogP contribution < -0.4 is 5.32 Å². The third-order valence-corrected chi connectivity index (χ3v) is 4.65. The Morgan fingerprint density at radius 2 is 1.86 bits per heavy atom. The Morgan fingerprint density at radius 1 is 1.24 bits per heavy atom. The monoisotopic (exact) mass is 296 g/mol. The Balaban J connectivity index is 1.92. The molecule has 21 heavy (non-hydrogen) atoms. The molecule has 0 aromatic heterocycles. The van der Waals surface area contributed by atoms with Crippen molar-refractivity contribution >= 4 is 12.0 Å². The normalized spacial score (nSPS) is 21.1. The van der Waals surface area contributed by atoms with Gasteiger partial charge in [-0.3, -0.25) is 4.79 Å². The molecule has 2 rings (SSSR count). The third kappa shape index (κ3) is 4.11. The zero-order chi connectivity index (χ0) is 15.5. The van der Waals surface area contributed by atoms with Crippen LogP contribution >= 0.6 is 0 Å². The molecule has 0 radical (unpaired) electrons. The van der Waals surface area contributed by atoms with Gasteiger partial charge in [-0.25, -0.2) is 4.79 Å². The standard InChI is InChI=1S/C16H28N2O3/c1-12(2)10-18(13-6-7-13)15(21)17-11-16(14(19)20)8-4-3-5-9-16/h12-13H,3-11H2,1-2H3,(H,17,21)(H,19,20). The highest BCUT2D eigenvalue weighted by molar-refractivity contribution is 5.78. The van der Waals surface area contributed by atoms with Crippen molar-refractivity contribution in [2.24, 2.45) is 11.3 Å². The lowest BCUT2D eigenvalue weighted by Gasteiger charge is -2.34. The van der Waals surface area contributed by atoms with E-state index in [1.165, 1.54) is 0 Å². The highest BCUT2D eigenvalue weighted by atomic mass is 16.4. The SMILES string of the molecule is CC(C)CN(C(=O)NCC1(C(=O)O)CCCCC1)C1CC1. The van der Waals surface area contributed by atoms with Crippen LogP contribution in [0.5, 0.6) is 0 Å². The summed E-state index contributed by atoms with van der Waals surface area (Å²) < 4.78 is 0. The van der Waals surface area contributed by atoms with Crippen molar-refractivity contribution in [2.45, 2.75) is 64.8 Å². The molecule has 2 fully saturated rings. The first-order chi connectivity index (χ1) is 9.94. The molecule has 0 aromatic carbocycles. The van der Waals surface area contributed by atoms with E-state index in [9.17, 15) is 14.7 Å². The van der Waals surface area contributed by atoms with Gasteiger partial charge in [-0.05, 0) is 31.6 Å². The number of carboxylic acids is 1. The van der Waals surface area contributed by atoms with Crippen LogP contribution in [0.25, 0.3) is 0 Å². The molecule has 2 amide bonds. The zero-order valence-corrected chi connectivity index (χ0v) is 13.2. The molecule has 5 heteroatoms. The topological polar surface area (TPSA) is 69.6 Å². The summed E-state index contributed by atoms with van der Waals surface area (Å²) in [7, 11) is 0. The molecule has 0 aliphatic heterocycles. The number of aliphatic carboxylic acids is 1. The van der Waals surface area contributed by atoms with Gasteiger partial charge in [0, 0.05) is 19.1 Å². The van der Waals surface area contributed by atoms with E-state index in [-0.39, 0.29) is 12.6 Å². The molecule has 2 N–H and O–H groups in total. The van der Waals surface area contributed by atoms with Crippen LogP contribution in [0.2, 0.25) is 0 Å². The summed E-state index contributed by atoms with van der Waals surface area (Å²) in [4.78, 5) is 25.9. The average Bonchev–Trinajstić information content (AvgIpc) is 3.27. The quantitative estimate of drug-likeness (QED) is 0.792. The van der Waals surface area contributed by atoms with Gasteiger partial charge < -0.3 is 15.3 Å². The summed E-state index contributed by atoms with van der Waals surface area (Å²) in [5.74, 6) is -0.330. The molecule has 0 saturated heterocycles. The van der Waals surface area contributed by atoms with Crippen LogP contribution in [-0.2, 0) is 4.79 Å². The van der Waals surface area contributed by atoms with E-state index in [0.717, 1.165) is 38.6 Å². The fraction of sp³-hybridized carbons (Fsp3) is 0.875. The smallest absolute Gasteiger partial charge is 0.317 e. The number of carboxylic acid groups (broad SMARTS) is 1. The molecule has 120 valence electrons. The first-order valence-corrected chi connectivity index (χ1v) is 8.22. The molecule has 2 saturated carbocycles. The summed E-state index contributed by atoms with van der Waals surface area (Å²) in [6.07, 6.45) is 6.49. The summed E-state index contributed by atoms with van der Waals surface area (Å²) in [5, 5.41) is 12.4. The number of hydrogen-bond donors (Lipinski definition) is 2. The van der Waals surface area contributed by atoms with Gasteiger partial charge in [-0.1, -0.05) is 33.1 Å². The van der Waals surface area contributed by atoms with Crippen molar-refractivity contribution < 1.29 is 14.7 Å². The number of amides is 2. The van der Waals surface area contributed by atoms with E-state index in [1.54, 1.807) is 0 Å². The molecule has 0 atom stereocenters. The number of hydrogen-bond acceptors (Lipinski definition) is 2. The number of nitrogens with one attached hydrogen (secondary N) is 1. The lowest BCUT2D eigenvalue weighted by atomic mass is 9.74. The molecule has 5 nitrogen and oxygen atoms in total. The minimum Gasteiger partial charge on any atom is -0.481 e. The molecule has 0 heterocycles. The largest absolute Gasteiger partial charge is 0.481 e. The van der Waals surface area contributed by atoms with Gasteiger partial charge in [0.25, 0.3) is 0 Å². The number of urea groups is 1. The van der Waals surface area contributed by atoms with Gasteiger partial charge in [0.15, 0.2) is 0 Å². The van der Waals surface area contributed by atoms with Crippen molar-refractivity contribution in [2.75, 3.05) is 13.1 Å². The molecular formula is C16H28N2O3. The van der Waals surface area contributed by atoms with E-state index in [1.807, 2.05) is 4.90 Å². The van der Waals surface area contributed by atoms with Gasteiger partial charge >= 0.3 is 12.0 Å². The Kier molecular flexibility index (Phi) is 5.12. The van der Waals surface area contributed by atoms with E-state index < -0.39 is 11.4 Å². The lowest BCUT2D eigenvalue weighted by Crippen LogP contribution is -2.49. The Morgan fingerprint density at radius 3 is 2.33 bits per heavy atom. The average molecular weight is 296 g/mol. The Bertz CT molecular complexity index is 385. The maximum atomic E-state index is 12.4. The fourth-order valence-corrected chi connectivity index (χ4v) is 3.22. The van der Waals surface area contributed by atoms with Gasteiger partial charge in [-0.2, -0.15) is 0 Å². The van der Waals surface area contributed by atoms with Crippen LogP contribution in [0, 0.1) is 11.3 Å². The van der Waals surface area contributed by atoms with E-state index in [0.29, 0.717) is 24.8 Å². The number of carbonyl (C=O) groups excluding carboxylic acids is 1. The maximum absolute atomic E-state index is 12.4. The van der Waals surface area contributed by atoms with Crippen molar-refractivity contribution in [3.63, 3.8) is 0 Å². The van der Waals surface area contributed by atoms with Crippen molar-refractivity contribution in [3.8, 4) is 0 Å². The fourth-order valence-electron chi connectivity index (χ4n) is 3.22. The third-order valence-electron chi connectivity index (χ3n) is 4.65. The van der Waals surface area contributed by atoms with Crippen LogP contribution in [0.1, 0.15) is 58.8 Å². The highest BCUT2D eigenvalue weighted by Gasteiger charge is 2.41.